The SMILES string of the molecule is CN(C(=O)NCCc1ccc(-c2c(CO)cnn(C)c2=O)cc1)c1ccccc1. The van der Waals surface area contributed by atoms with Crippen LogP contribution in [0, 0.1) is 0 Å². The van der Waals surface area contributed by atoms with Gasteiger partial charge < -0.3 is 10.4 Å². The zero-order valence-electron chi connectivity index (χ0n) is 16.5. The van der Waals surface area contributed by atoms with Crippen LogP contribution < -0.4 is 15.8 Å². The number of aromatic nitrogens is 2. The van der Waals surface area contributed by atoms with E-state index in [-0.39, 0.29) is 18.2 Å². The topological polar surface area (TPSA) is 87.5 Å². The van der Waals surface area contributed by atoms with Gasteiger partial charge in [0.1, 0.15) is 0 Å². The third-order valence-corrected chi connectivity index (χ3v) is 4.77. The number of urea groups is 1. The average Bonchev–Trinajstić information content (AvgIpc) is 2.76. The highest BCUT2D eigenvalue weighted by atomic mass is 16.3. The van der Waals surface area contributed by atoms with Crippen LogP contribution in [0.2, 0.25) is 0 Å². The molecule has 1 heterocycles. The highest BCUT2D eigenvalue weighted by Crippen LogP contribution is 2.20. The number of aliphatic hydroxyl groups excluding tert-OH is 1. The third kappa shape index (κ3) is 4.70. The first-order chi connectivity index (χ1) is 14.0. The Morgan fingerprint density at radius 2 is 1.83 bits per heavy atom. The van der Waals surface area contributed by atoms with E-state index in [1.54, 1.807) is 19.0 Å². The summed E-state index contributed by atoms with van der Waals surface area (Å²) in [5, 5.41) is 16.4. The predicted octanol–water partition coefficient (Wildman–Crippen LogP) is 2.33. The predicted molar refractivity (Wildman–Crippen MR) is 113 cm³/mol. The van der Waals surface area contributed by atoms with Crippen LogP contribution >= 0.6 is 0 Å². The lowest BCUT2D eigenvalue weighted by Crippen LogP contribution is -2.38. The van der Waals surface area contributed by atoms with Crippen molar-refractivity contribution in [3.05, 3.63) is 82.3 Å². The fourth-order valence-corrected chi connectivity index (χ4v) is 3.04. The monoisotopic (exact) mass is 392 g/mol. The number of rotatable bonds is 6. The smallest absolute Gasteiger partial charge is 0.321 e. The van der Waals surface area contributed by atoms with Crippen molar-refractivity contribution in [3.63, 3.8) is 0 Å². The van der Waals surface area contributed by atoms with Gasteiger partial charge in [-0.05, 0) is 29.7 Å². The van der Waals surface area contributed by atoms with Crippen LogP contribution in [0.15, 0.2) is 65.6 Å². The Bertz CT molecular complexity index is 1030. The van der Waals surface area contributed by atoms with Crippen LogP contribution in [0.5, 0.6) is 0 Å². The van der Waals surface area contributed by atoms with Gasteiger partial charge in [-0.15, -0.1) is 0 Å². The van der Waals surface area contributed by atoms with E-state index >= 15 is 0 Å². The minimum atomic E-state index is -0.250. The van der Waals surface area contributed by atoms with Crippen LogP contribution in [0.4, 0.5) is 10.5 Å². The van der Waals surface area contributed by atoms with Crippen molar-refractivity contribution >= 4 is 11.7 Å². The van der Waals surface area contributed by atoms with Crippen LogP contribution in [-0.2, 0) is 20.1 Å². The molecule has 2 aromatic carbocycles. The van der Waals surface area contributed by atoms with Gasteiger partial charge >= 0.3 is 6.03 Å². The number of hydrogen-bond acceptors (Lipinski definition) is 4. The van der Waals surface area contributed by atoms with Crippen LogP contribution in [0.3, 0.4) is 0 Å². The molecule has 1 aromatic heterocycles. The Balaban J connectivity index is 1.63. The van der Waals surface area contributed by atoms with Crippen LogP contribution in [-0.4, -0.2) is 34.5 Å². The second kappa shape index (κ2) is 9.16. The molecule has 2 amide bonds. The molecule has 0 bridgehead atoms. The molecule has 2 N–H and O–H groups in total. The van der Waals surface area contributed by atoms with E-state index in [1.165, 1.54) is 10.9 Å². The summed E-state index contributed by atoms with van der Waals surface area (Å²) in [6.07, 6.45) is 2.17. The summed E-state index contributed by atoms with van der Waals surface area (Å²) in [6, 6.07) is 16.8. The fraction of sp³-hybridized carbons (Fsp3) is 0.227. The summed E-state index contributed by atoms with van der Waals surface area (Å²) in [5.74, 6) is 0. The number of benzene rings is 2. The second-order valence-electron chi connectivity index (χ2n) is 6.71. The van der Waals surface area contributed by atoms with E-state index in [2.05, 4.69) is 10.4 Å². The normalized spacial score (nSPS) is 10.6. The van der Waals surface area contributed by atoms with Gasteiger partial charge in [-0.3, -0.25) is 9.69 Å². The minimum Gasteiger partial charge on any atom is -0.392 e. The Labute approximate surface area is 169 Å². The number of carbonyl (C=O) groups excluding carboxylic acids is 1. The number of nitrogens with zero attached hydrogens (tertiary/aromatic N) is 3. The summed E-state index contributed by atoms with van der Waals surface area (Å²) in [4.78, 5) is 26.2. The highest BCUT2D eigenvalue weighted by molar-refractivity contribution is 5.91. The number of para-hydroxylation sites is 1. The lowest BCUT2D eigenvalue weighted by molar-refractivity contribution is 0.247. The molecule has 7 nitrogen and oxygen atoms in total. The molecule has 0 fully saturated rings. The van der Waals surface area contributed by atoms with Gasteiger partial charge in [0.15, 0.2) is 0 Å². The van der Waals surface area contributed by atoms with E-state index in [0.717, 1.165) is 16.8 Å². The van der Waals surface area contributed by atoms with Crippen LogP contribution in [0.25, 0.3) is 11.1 Å². The van der Waals surface area contributed by atoms with E-state index in [9.17, 15) is 14.7 Å². The molecular weight excluding hydrogens is 368 g/mol. The third-order valence-electron chi connectivity index (χ3n) is 4.77. The maximum atomic E-state index is 12.4. The molecular formula is C22H24N4O3. The standard InChI is InChI=1S/C22H24N4O3/c1-25(19-6-4-3-5-7-19)22(29)23-13-12-16-8-10-17(11-9-16)20-18(15-27)14-24-26(2)21(20)28/h3-11,14,27H,12-13,15H2,1-2H3,(H,23,29). The van der Waals surface area contributed by atoms with Gasteiger partial charge in [0.2, 0.25) is 0 Å². The lowest BCUT2D eigenvalue weighted by Gasteiger charge is -2.18. The fourth-order valence-electron chi connectivity index (χ4n) is 3.04. The second-order valence-corrected chi connectivity index (χ2v) is 6.71. The first kappa shape index (κ1) is 20.3. The number of amides is 2. The molecule has 3 rings (SSSR count). The number of nitrogens with one attached hydrogen (secondary N) is 1. The Hall–Kier alpha value is -3.45. The Morgan fingerprint density at radius 1 is 1.14 bits per heavy atom. The van der Waals surface area contributed by atoms with Gasteiger partial charge in [0.05, 0.1) is 18.4 Å². The number of carbonyl (C=O) groups is 1. The van der Waals surface area contributed by atoms with Gasteiger partial charge in [-0.2, -0.15) is 5.10 Å². The molecule has 0 radical (unpaired) electrons. The first-order valence-corrected chi connectivity index (χ1v) is 9.33. The molecule has 0 saturated carbocycles. The Morgan fingerprint density at radius 3 is 2.48 bits per heavy atom. The summed E-state index contributed by atoms with van der Waals surface area (Å²) in [7, 11) is 3.31. The quantitative estimate of drug-likeness (QED) is 0.674. The first-order valence-electron chi connectivity index (χ1n) is 9.33. The molecule has 150 valence electrons. The lowest BCUT2D eigenvalue weighted by atomic mass is 10.0. The maximum Gasteiger partial charge on any atom is 0.321 e. The summed E-state index contributed by atoms with van der Waals surface area (Å²) in [5.41, 5.74) is 3.29. The van der Waals surface area contributed by atoms with Crippen LogP contribution in [0.1, 0.15) is 11.1 Å². The molecule has 0 spiro atoms. The van der Waals surface area contributed by atoms with Crippen molar-refractivity contribution in [2.24, 2.45) is 7.05 Å². The number of aliphatic hydroxyl groups is 1. The number of anilines is 1. The molecule has 0 atom stereocenters. The largest absolute Gasteiger partial charge is 0.392 e. The van der Waals surface area contributed by atoms with Gasteiger partial charge in [0, 0.05) is 31.9 Å². The molecule has 3 aromatic rings. The summed E-state index contributed by atoms with van der Waals surface area (Å²) in [6.45, 7) is 0.245. The van der Waals surface area contributed by atoms with Crippen molar-refractivity contribution in [3.8, 4) is 11.1 Å². The maximum absolute atomic E-state index is 12.4. The molecule has 29 heavy (non-hydrogen) atoms. The van der Waals surface area contributed by atoms with Crippen molar-refractivity contribution < 1.29 is 9.90 Å². The van der Waals surface area contributed by atoms with Crippen molar-refractivity contribution in [2.75, 3.05) is 18.5 Å². The zero-order chi connectivity index (χ0) is 20.8. The highest BCUT2D eigenvalue weighted by Gasteiger charge is 2.12. The van der Waals surface area contributed by atoms with Gasteiger partial charge in [-0.25, -0.2) is 9.48 Å². The molecule has 0 unspecified atom stereocenters. The Kier molecular flexibility index (Phi) is 6.41. The van der Waals surface area contributed by atoms with Gasteiger partial charge in [-0.1, -0.05) is 42.5 Å². The molecule has 0 aliphatic rings. The van der Waals surface area contributed by atoms with Gasteiger partial charge in [0.25, 0.3) is 5.56 Å². The van der Waals surface area contributed by atoms with Crippen molar-refractivity contribution in [1.82, 2.24) is 15.1 Å². The van der Waals surface area contributed by atoms with E-state index in [0.29, 0.717) is 24.1 Å². The number of hydrogen-bond donors (Lipinski definition) is 2. The van der Waals surface area contributed by atoms with Crippen molar-refractivity contribution in [1.29, 1.82) is 0 Å². The number of aryl methyl sites for hydroxylation is 1. The molecule has 7 heteroatoms. The van der Waals surface area contributed by atoms with E-state index in [4.69, 9.17) is 0 Å². The van der Waals surface area contributed by atoms with E-state index < -0.39 is 0 Å². The molecule has 0 aliphatic carbocycles. The molecule has 0 aliphatic heterocycles. The average molecular weight is 392 g/mol. The minimum absolute atomic E-state index is 0.166. The summed E-state index contributed by atoms with van der Waals surface area (Å²) >= 11 is 0. The zero-order valence-corrected chi connectivity index (χ0v) is 16.5. The van der Waals surface area contributed by atoms with E-state index in [1.807, 2.05) is 54.6 Å². The summed E-state index contributed by atoms with van der Waals surface area (Å²) < 4.78 is 1.25. The molecule has 0 saturated heterocycles. The van der Waals surface area contributed by atoms with Crippen molar-refractivity contribution in [2.45, 2.75) is 13.0 Å².